The highest BCUT2D eigenvalue weighted by Gasteiger charge is 2.44. The average molecular weight is 428 g/mol. The summed E-state index contributed by atoms with van der Waals surface area (Å²) in [5, 5.41) is 0.153. The summed E-state index contributed by atoms with van der Waals surface area (Å²) in [6, 6.07) is 6.27. The van der Waals surface area contributed by atoms with Crippen LogP contribution in [0.1, 0.15) is 69.9 Å². The third-order valence-corrected chi connectivity index (χ3v) is 11.8. The third kappa shape index (κ3) is 5.26. The smallest absolute Gasteiger partial charge is 0.412 e. The number of nitrogens with zero attached hydrogens (tertiary/aromatic N) is 1. The Bertz CT molecular complexity index is 692. The molecule has 2 aliphatic rings. The lowest BCUT2D eigenvalue weighted by atomic mass is 9.79. The van der Waals surface area contributed by atoms with Crippen LogP contribution in [0.3, 0.4) is 0 Å². The van der Waals surface area contributed by atoms with Gasteiger partial charge in [0.05, 0.1) is 11.7 Å². The average Bonchev–Trinajstić information content (AvgIpc) is 3.14. The molecule has 0 N–H and O–H groups in total. The number of halogens is 3. The first kappa shape index (κ1) is 22.8. The van der Waals surface area contributed by atoms with Crippen molar-refractivity contribution >= 4 is 8.32 Å². The minimum absolute atomic E-state index is 0.153. The maximum absolute atomic E-state index is 13.2. The van der Waals surface area contributed by atoms with E-state index in [9.17, 15) is 13.2 Å². The molecule has 2 nitrogen and oxygen atoms in total. The molecule has 29 heavy (non-hydrogen) atoms. The number of hydrogen-bond acceptors (Lipinski definition) is 2. The standard InChI is InChI=1S/C23H36F3NOSi/c1-22(2,3)29(4,5)28-21-12-11-18(16-20(21)27-13-6-7-14-27)17-9-8-10-19(15-17)23(24,25)26/h8-10,15,18,20-21H,6-7,11-14,16H2,1-5H3/t18?,20-,21-/m0/s1. The molecule has 1 heterocycles. The van der Waals surface area contributed by atoms with Gasteiger partial charge >= 0.3 is 6.18 Å². The van der Waals surface area contributed by atoms with Gasteiger partial charge in [-0.15, -0.1) is 0 Å². The molecule has 0 aromatic heterocycles. The maximum Gasteiger partial charge on any atom is 0.416 e. The minimum atomic E-state index is -4.28. The summed E-state index contributed by atoms with van der Waals surface area (Å²) in [6.07, 6.45) is 1.03. The van der Waals surface area contributed by atoms with Gasteiger partial charge in [0.1, 0.15) is 0 Å². The molecule has 0 spiro atoms. The maximum atomic E-state index is 13.2. The highest BCUT2D eigenvalue weighted by Crippen LogP contribution is 2.43. The monoisotopic (exact) mass is 427 g/mol. The predicted molar refractivity (Wildman–Crippen MR) is 115 cm³/mol. The molecule has 1 unspecified atom stereocenters. The Hall–Kier alpha value is -0.853. The molecule has 1 aromatic rings. The molecule has 0 amide bonds. The van der Waals surface area contributed by atoms with Crippen LogP contribution in [-0.2, 0) is 10.6 Å². The molecule has 1 aliphatic carbocycles. The zero-order chi connectivity index (χ0) is 21.4. The van der Waals surface area contributed by atoms with E-state index in [4.69, 9.17) is 4.43 Å². The highest BCUT2D eigenvalue weighted by molar-refractivity contribution is 6.74. The highest BCUT2D eigenvalue weighted by atomic mass is 28.4. The van der Waals surface area contributed by atoms with Gasteiger partial charge in [0.25, 0.3) is 0 Å². The predicted octanol–water partition coefficient (Wildman–Crippen LogP) is 6.83. The van der Waals surface area contributed by atoms with Crippen LogP contribution in [0.25, 0.3) is 0 Å². The van der Waals surface area contributed by atoms with E-state index in [1.807, 2.05) is 6.07 Å². The van der Waals surface area contributed by atoms with E-state index >= 15 is 0 Å². The molecule has 1 saturated heterocycles. The van der Waals surface area contributed by atoms with E-state index in [0.717, 1.165) is 37.9 Å². The first-order valence-corrected chi connectivity index (χ1v) is 13.9. The zero-order valence-electron chi connectivity index (χ0n) is 18.5. The number of benzene rings is 1. The van der Waals surface area contributed by atoms with Crippen molar-refractivity contribution in [2.24, 2.45) is 0 Å². The summed E-state index contributed by atoms with van der Waals surface area (Å²) < 4.78 is 46.4. The SMILES string of the molecule is CC(C)(C)[Si](C)(C)O[C@H]1CCC(c2cccc(C(F)(F)F)c2)C[C@@H]1N1CCCC1. The lowest BCUT2D eigenvalue weighted by Gasteiger charge is -2.47. The van der Waals surface area contributed by atoms with E-state index in [1.165, 1.54) is 25.0 Å². The number of rotatable bonds is 4. The van der Waals surface area contributed by atoms with Crippen LogP contribution >= 0.6 is 0 Å². The Morgan fingerprint density at radius 3 is 2.28 bits per heavy atom. The van der Waals surface area contributed by atoms with Crippen LogP contribution < -0.4 is 0 Å². The largest absolute Gasteiger partial charge is 0.416 e. The summed E-state index contributed by atoms with van der Waals surface area (Å²) >= 11 is 0. The fraction of sp³-hybridized carbons (Fsp3) is 0.739. The van der Waals surface area contributed by atoms with Crippen LogP contribution in [0.4, 0.5) is 13.2 Å². The van der Waals surface area contributed by atoms with Crippen LogP contribution in [0.2, 0.25) is 18.1 Å². The van der Waals surface area contributed by atoms with Crippen molar-refractivity contribution in [2.45, 2.75) is 95.2 Å². The van der Waals surface area contributed by atoms with Crippen molar-refractivity contribution in [3.05, 3.63) is 35.4 Å². The van der Waals surface area contributed by atoms with Crippen molar-refractivity contribution in [2.75, 3.05) is 13.1 Å². The molecular formula is C23H36F3NOSi. The molecule has 3 rings (SSSR count). The summed E-state index contributed by atoms with van der Waals surface area (Å²) in [7, 11) is -1.90. The van der Waals surface area contributed by atoms with E-state index < -0.39 is 20.1 Å². The molecule has 2 fully saturated rings. The summed E-state index contributed by atoms with van der Waals surface area (Å²) in [6.45, 7) is 13.5. The van der Waals surface area contributed by atoms with E-state index in [1.54, 1.807) is 6.07 Å². The Kier molecular flexibility index (Phi) is 6.57. The van der Waals surface area contributed by atoms with Gasteiger partial charge in [-0.3, -0.25) is 4.90 Å². The van der Waals surface area contributed by atoms with Crippen LogP contribution in [0.15, 0.2) is 24.3 Å². The van der Waals surface area contributed by atoms with Crippen LogP contribution in [0, 0.1) is 0 Å². The van der Waals surface area contributed by atoms with Crippen molar-refractivity contribution in [1.82, 2.24) is 4.90 Å². The lowest BCUT2D eigenvalue weighted by molar-refractivity contribution is -0.137. The van der Waals surface area contributed by atoms with Crippen LogP contribution in [0.5, 0.6) is 0 Å². The fourth-order valence-corrected chi connectivity index (χ4v) is 5.93. The van der Waals surface area contributed by atoms with E-state index in [2.05, 4.69) is 38.8 Å². The lowest BCUT2D eigenvalue weighted by Crippen LogP contribution is -2.53. The topological polar surface area (TPSA) is 12.5 Å². The molecule has 0 bridgehead atoms. The van der Waals surface area contributed by atoms with E-state index in [0.29, 0.717) is 6.04 Å². The molecule has 1 aliphatic heterocycles. The normalized spacial score (nSPS) is 27.4. The number of likely N-dealkylation sites (tertiary alicyclic amines) is 1. The molecule has 3 atom stereocenters. The zero-order valence-corrected chi connectivity index (χ0v) is 19.5. The van der Waals surface area contributed by atoms with Gasteiger partial charge in [0, 0.05) is 6.04 Å². The van der Waals surface area contributed by atoms with Gasteiger partial charge < -0.3 is 4.43 Å². The third-order valence-electron chi connectivity index (χ3n) is 7.30. The van der Waals surface area contributed by atoms with Crippen molar-refractivity contribution < 1.29 is 17.6 Å². The Morgan fingerprint density at radius 2 is 1.69 bits per heavy atom. The molecule has 1 saturated carbocycles. The van der Waals surface area contributed by atoms with Gasteiger partial charge in [0.15, 0.2) is 8.32 Å². The van der Waals surface area contributed by atoms with Gasteiger partial charge in [-0.2, -0.15) is 13.2 Å². The van der Waals surface area contributed by atoms with Crippen molar-refractivity contribution in [3.8, 4) is 0 Å². The summed E-state index contributed by atoms with van der Waals surface area (Å²) in [5.41, 5.74) is 0.294. The summed E-state index contributed by atoms with van der Waals surface area (Å²) in [5.74, 6) is 0.169. The number of hydrogen-bond donors (Lipinski definition) is 0. The first-order chi connectivity index (χ1) is 13.4. The molecule has 0 radical (unpaired) electrons. The second-order valence-corrected chi connectivity index (χ2v) is 15.1. The quantitative estimate of drug-likeness (QED) is 0.488. The Balaban J connectivity index is 1.81. The molecular weight excluding hydrogens is 391 g/mol. The fourth-order valence-electron chi connectivity index (χ4n) is 4.54. The molecule has 164 valence electrons. The Labute approximate surface area is 174 Å². The van der Waals surface area contributed by atoms with E-state index in [-0.39, 0.29) is 17.1 Å². The molecule has 1 aromatic carbocycles. The first-order valence-electron chi connectivity index (χ1n) is 11.0. The van der Waals surface area contributed by atoms with Gasteiger partial charge in [-0.1, -0.05) is 39.0 Å². The second-order valence-electron chi connectivity index (χ2n) is 10.4. The Morgan fingerprint density at radius 1 is 1.03 bits per heavy atom. The van der Waals surface area contributed by atoms with Gasteiger partial charge in [-0.25, -0.2) is 0 Å². The van der Waals surface area contributed by atoms with Crippen LogP contribution in [-0.4, -0.2) is 38.5 Å². The van der Waals surface area contributed by atoms with Crippen molar-refractivity contribution in [1.29, 1.82) is 0 Å². The van der Waals surface area contributed by atoms with Crippen molar-refractivity contribution in [3.63, 3.8) is 0 Å². The van der Waals surface area contributed by atoms with Gasteiger partial charge in [-0.05, 0) is 80.9 Å². The number of alkyl halides is 3. The summed E-state index contributed by atoms with van der Waals surface area (Å²) in [4.78, 5) is 2.54. The second kappa shape index (κ2) is 8.35. The van der Waals surface area contributed by atoms with Gasteiger partial charge in [0.2, 0.25) is 0 Å². The minimum Gasteiger partial charge on any atom is -0.412 e. The molecule has 6 heteroatoms.